The van der Waals surface area contributed by atoms with Gasteiger partial charge in [-0.2, -0.15) is 23.7 Å². The number of carbonyl (C=O) groups is 1. The zero-order valence-corrected chi connectivity index (χ0v) is 18.6. The second-order valence-corrected chi connectivity index (χ2v) is 5.99. The zero-order valence-electron chi connectivity index (χ0n) is 15.6. The fourth-order valence-corrected chi connectivity index (χ4v) is 2.36. The number of aromatic carboxylic acids is 1. The molecule has 0 fully saturated rings. The molecule has 1 aromatic carbocycles. The van der Waals surface area contributed by atoms with Crippen LogP contribution in [0.5, 0.6) is 0 Å². The molecule has 0 atom stereocenters. The van der Waals surface area contributed by atoms with Crippen LogP contribution >= 0.6 is 0 Å². The van der Waals surface area contributed by atoms with Gasteiger partial charge in [0.25, 0.3) is 0 Å². The van der Waals surface area contributed by atoms with Crippen molar-refractivity contribution in [3.05, 3.63) is 107 Å². The molecule has 9 heteroatoms. The van der Waals surface area contributed by atoms with Crippen LogP contribution in [0.4, 0.5) is 5.69 Å². The number of aromatic nitrogens is 4. The van der Waals surface area contributed by atoms with E-state index in [9.17, 15) is 9.59 Å². The number of benzene rings is 1. The number of pyridine rings is 2. The van der Waals surface area contributed by atoms with E-state index in [0.717, 1.165) is 16.8 Å². The van der Waals surface area contributed by atoms with Gasteiger partial charge >= 0.3 is 27.0 Å². The molecule has 0 amide bonds. The van der Waals surface area contributed by atoms with Crippen molar-refractivity contribution in [2.45, 2.75) is 0 Å². The molecule has 8 nitrogen and oxygen atoms in total. The Morgan fingerprint density at radius 1 is 1.13 bits per heavy atom. The van der Waals surface area contributed by atoms with Gasteiger partial charge in [0.1, 0.15) is 5.82 Å². The maximum absolute atomic E-state index is 11.2. The molecule has 0 aliphatic heterocycles. The van der Waals surface area contributed by atoms with Crippen LogP contribution in [0.1, 0.15) is 15.9 Å². The van der Waals surface area contributed by atoms with Crippen molar-refractivity contribution >= 4 is 11.7 Å². The molecule has 0 radical (unpaired) electrons. The van der Waals surface area contributed by atoms with Gasteiger partial charge in [0.2, 0.25) is 0 Å². The average Bonchev–Trinajstić information content (AvgIpc) is 3.22. The summed E-state index contributed by atoms with van der Waals surface area (Å²) in [5.74, 6) is -0.779. The molecule has 0 aliphatic rings. The van der Waals surface area contributed by atoms with Gasteiger partial charge < -0.3 is 20.8 Å². The van der Waals surface area contributed by atoms with E-state index in [-0.39, 0.29) is 32.3 Å². The van der Waals surface area contributed by atoms with E-state index in [2.05, 4.69) is 22.0 Å². The van der Waals surface area contributed by atoms with Crippen molar-refractivity contribution in [1.82, 2.24) is 19.7 Å². The summed E-state index contributed by atoms with van der Waals surface area (Å²) in [6.07, 6.45) is 5.45. The molecule has 0 bridgehead atoms. The van der Waals surface area contributed by atoms with Gasteiger partial charge in [-0.15, -0.1) is 0 Å². The molecule has 3 N–H and O–H groups in total. The third-order valence-corrected chi connectivity index (χ3v) is 3.87. The summed E-state index contributed by atoms with van der Waals surface area (Å²) in [5.41, 5.74) is 9.67. The van der Waals surface area contributed by atoms with Crippen molar-refractivity contribution in [1.29, 1.82) is 0 Å². The van der Waals surface area contributed by atoms with Crippen LogP contribution in [0.3, 0.4) is 0 Å². The minimum atomic E-state index is -1.09. The minimum absolute atomic E-state index is 0. The molecular formula is C21H17N5O3W. The Hall–Kier alpha value is -3.64. The van der Waals surface area contributed by atoms with Gasteiger partial charge in [-0.25, -0.2) is 9.48 Å². The number of nitrogens with zero attached hydrogens (tertiary/aromatic N) is 3. The maximum Gasteiger partial charge on any atom is 2.00 e. The average molecular weight is 571 g/mol. The van der Waals surface area contributed by atoms with Crippen LogP contribution in [-0.2, 0) is 21.1 Å². The number of aromatic amines is 1. The van der Waals surface area contributed by atoms with E-state index in [0.29, 0.717) is 5.82 Å². The largest absolute Gasteiger partial charge is 2.00 e. The number of hydrogen-bond donors (Lipinski definition) is 2. The smallest absolute Gasteiger partial charge is 0.694 e. The summed E-state index contributed by atoms with van der Waals surface area (Å²) < 4.78 is 1.23. The number of rotatable bonds is 3. The molecule has 0 unspecified atom stereocenters. The van der Waals surface area contributed by atoms with Crippen LogP contribution in [0.2, 0.25) is 0 Å². The van der Waals surface area contributed by atoms with E-state index < -0.39 is 11.4 Å². The first-order valence-electron chi connectivity index (χ1n) is 8.50. The summed E-state index contributed by atoms with van der Waals surface area (Å²) in [4.78, 5) is 28.8. The monoisotopic (exact) mass is 571 g/mol. The fraction of sp³-hybridized carbons (Fsp3) is 0. The van der Waals surface area contributed by atoms with Crippen LogP contribution in [0.15, 0.2) is 78.1 Å². The number of nitrogens with one attached hydrogen (secondary N) is 2. The Kier molecular flexibility index (Phi) is 7.72. The van der Waals surface area contributed by atoms with Crippen LogP contribution in [0, 0.1) is 6.92 Å². The van der Waals surface area contributed by atoms with Gasteiger partial charge in [0.15, 0.2) is 5.43 Å². The molecular weight excluding hydrogens is 554 g/mol. The van der Waals surface area contributed by atoms with Gasteiger partial charge in [0.05, 0.1) is 11.8 Å². The van der Waals surface area contributed by atoms with Gasteiger partial charge in [0, 0.05) is 18.0 Å². The standard InChI is InChI=1S/C12H10N.C9H7N4O3.W/c1-10-7-8-12(13-9-10)11-5-3-2-4-6-11;10-6-3-11-8(1-7(6)14)13-4-5(2-12-13)9(15)16;/h2-9H,1H2;1-4,10H,(H,11,14)(H,15,16);/q2*-1;+2. The Morgan fingerprint density at radius 3 is 2.43 bits per heavy atom. The van der Waals surface area contributed by atoms with E-state index in [1.54, 1.807) is 6.20 Å². The van der Waals surface area contributed by atoms with Crippen molar-refractivity contribution in [3.63, 3.8) is 0 Å². The third kappa shape index (κ3) is 5.68. The molecule has 150 valence electrons. The first kappa shape index (κ1) is 22.6. The fourth-order valence-electron chi connectivity index (χ4n) is 2.36. The SMILES string of the molecule is [CH2-]c1ccc(-c2ccccc2)nc1.[NH-]c1c[nH]c(-n2cc(C(=O)O)cn2)cc1=O.[W+2]. The van der Waals surface area contributed by atoms with Gasteiger partial charge in [-0.1, -0.05) is 48.3 Å². The molecule has 3 heterocycles. The van der Waals surface area contributed by atoms with Crippen molar-refractivity contribution in [2.24, 2.45) is 0 Å². The Balaban J connectivity index is 0.000000211. The summed E-state index contributed by atoms with van der Waals surface area (Å²) in [6, 6.07) is 15.2. The molecule has 4 rings (SSSR count). The van der Waals surface area contributed by atoms with E-state index in [1.807, 2.05) is 42.5 Å². The second kappa shape index (κ2) is 10.2. The minimum Gasteiger partial charge on any atom is -0.694 e. The van der Waals surface area contributed by atoms with E-state index in [1.165, 1.54) is 29.3 Å². The Morgan fingerprint density at radius 2 is 1.87 bits per heavy atom. The molecule has 0 saturated carbocycles. The third-order valence-electron chi connectivity index (χ3n) is 3.87. The van der Waals surface area contributed by atoms with Crippen LogP contribution in [0.25, 0.3) is 22.8 Å². The molecule has 4 aromatic rings. The van der Waals surface area contributed by atoms with Crippen molar-refractivity contribution in [3.8, 4) is 17.1 Å². The number of hydrogen-bond acceptors (Lipinski definition) is 4. The second-order valence-electron chi connectivity index (χ2n) is 5.99. The summed E-state index contributed by atoms with van der Waals surface area (Å²) in [6.45, 7) is 3.79. The molecule has 0 spiro atoms. The van der Waals surface area contributed by atoms with Crippen LogP contribution < -0.4 is 5.43 Å². The molecule has 0 saturated heterocycles. The summed E-state index contributed by atoms with van der Waals surface area (Å²) in [7, 11) is 0. The zero-order chi connectivity index (χ0) is 20.8. The molecule has 3 aromatic heterocycles. The molecule has 30 heavy (non-hydrogen) atoms. The maximum atomic E-state index is 11.2. The first-order chi connectivity index (χ1) is 13.9. The summed E-state index contributed by atoms with van der Waals surface area (Å²) in [5, 5.41) is 12.5. The van der Waals surface area contributed by atoms with Crippen molar-refractivity contribution < 1.29 is 31.0 Å². The number of H-pyrrole nitrogens is 1. The number of carboxylic acid groups (broad SMARTS) is 1. The van der Waals surface area contributed by atoms with E-state index in [4.69, 9.17) is 10.8 Å². The Labute approximate surface area is 186 Å². The quantitative estimate of drug-likeness (QED) is 0.362. The molecule has 0 aliphatic carbocycles. The Bertz CT molecular complexity index is 1170. The topological polar surface area (TPSA) is 125 Å². The van der Waals surface area contributed by atoms with Crippen molar-refractivity contribution in [2.75, 3.05) is 0 Å². The first-order valence-corrected chi connectivity index (χ1v) is 8.50. The predicted molar refractivity (Wildman–Crippen MR) is 109 cm³/mol. The van der Waals surface area contributed by atoms with Gasteiger partial charge in [-0.05, 0) is 11.8 Å². The summed E-state index contributed by atoms with van der Waals surface area (Å²) >= 11 is 0. The van der Waals surface area contributed by atoms with Gasteiger partial charge in [-0.3, -0.25) is 4.79 Å². The van der Waals surface area contributed by atoms with Crippen LogP contribution in [-0.4, -0.2) is 30.8 Å². The predicted octanol–water partition coefficient (Wildman–Crippen LogP) is 3.87. The van der Waals surface area contributed by atoms with E-state index >= 15 is 0 Å². The number of carboxylic acids is 1. The normalized spacial score (nSPS) is 9.73.